The highest BCUT2D eigenvalue weighted by Gasteiger charge is 2.02. The van der Waals surface area contributed by atoms with E-state index in [9.17, 15) is 4.79 Å². The summed E-state index contributed by atoms with van der Waals surface area (Å²) in [5.41, 5.74) is 2.19. The molecule has 0 aromatic heterocycles. The van der Waals surface area contributed by atoms with Gasteiger partial charge in [0.25, 0.3) is 0 Å². The van der Waals surface area contributed by atoms with Crippen molar-refractivity contribution in [2.24, 2.45) is 0 Å². The fourth-order valence-electron chi connectivity index (χ4n) is 1.47. The van der Waals surface area contributed by atoms with Gasteiger partial charge in [-0.25, -0.2) is 4.79 Å². The predicted molar refractivity (Wildman–Crippen MR) is 69.3 cm³/mol. The van der Waals surface area contributed by atoms with Crippen LogP contribution in [0.15, 0.2) is 36.0 Å². The van der Waals surface area contributed by atoms with Gasteiger partial charge in [0.05, 0.1) is 12.1 Å². The first-order valence-electron chi connectivity index (χ1n) is 5.61. The largest absolute Gasteiger partial charge is 0.478 e. The van der Waals surface area contributed by atoms with Gasteiger partial charge in [-0.2, -0.15) is 0 Å². The van der Waals surface area contributed by atoms with Gasteiger partial charge in [-0.3, -0.25) is 0 Å². The SMILES string of the molecule is CC/C=C(/CNc1cccc(C(=O)O)c1)NC. The third-order valence-electron chi connectivity index (χ3n) is 2.36. The molecule has 92 valence electrons. The van der Waals surface area contributed by atoms with Crippen molar-refractivity contribution in [3.8, 4) is 0 Å². The minimum atomic E-state index is -0.911. The molecule has 0 atom stereocenters. The second-order valence-electron chi connectivity index (χ2n) is 3.63. The smallest absolute Gasteiger partial charge is 0.335 e. The molecule has 0 spiro atoms. The van der Waals surface area contributed by atoms with E-state index in [0.717, 1.165) is 17.8 Å². The van der Waals surface area contributed by atoms with Crippen LogP contribution in [0, 0.1) is 0 Å². The number of rotatable bonds is 6. The van der Waals surface area contributed by atoms with Crippen LogP contribution in [0.5, 0.6) is 0 Å². The normalized spacial score (nSPS) is 11.1. The number of nitrogens with one attached hydrogen (secondary N) is 2. The summed E-state index contributed by atoms with van der Waals surface area (Å²) in [4.78, 5) is 10.8. The average molecular weight is 234 g/mol. The Morgan fingerprint density at radius 2 is 2.24 bits per heavy atom. The Morgan fingerprint density at radius 3 is 2.82 bits per heavy atom. The monoisotopic (exact) mass is 234 g/mol. The summed E-state index contributed by atoms with van der Waals surface area (Å²) < 4.78 is 0. The van der Waals surface area contributed by atoms with Crippen molar-refractivity contribution in [1.82, 2.24) is 5.32 Å². The zero-order valence-corrected chi connectivity index (χ0v) is 10.2. The van der Waals surface area contributed by atoms with Gasteiger partial charge in [0.1, 0.15) is 0 Å². The molecule has 0 saturated carbocycles. The molecule has 1 rings (SSSR count). The second kappa shape index (κ2) is 6.58. The van der Waals surface area contributed by atoms with Gasteiger partial charge in [0.15, 0.2) is 0 Å². The van der Waals surface area contributed by atoms with Crippen LogP contribution >= 0.6 is 0 Å². The van der Waals surface area contributed by atoms with Crippen molar-refractivity contribution in [3.05, 3.63) is 41.6 Å². The molecule has 0 bridgehead atoms. The van der Waals surface area contributed by atoms with Gasteiger partial charge in [-0.1, -0.05) is 19.1 Å². The molecular weight excluding hydrogens is 216 g/mol. The van der Waals surface area contributed by atoms with Crippen molar-refractivity contribution in [2.45, 2.75) is 13.3 Å². The highest BCUT2D eigenvalue weighted by molar-refractivity contribution is 5.88. The predicted octanol–water partition coefficient (Wildman–Crippen LogP) is 2.31. The molecule has 4 heteroatoms. The molecule has 0 heterocycles. The number of benzene rings is 1. The van der Waals surface area contributed by atoms with Crippen LogP contribution in [0.25, 0.3) is 0 Å². The molecule has 0 radical (unpaired) electrons. The average Bonchev–Trinajstić information content (AvgIpc) is 2.34. The molecule has 1 aromatic carbocycles. The first-order chi connectivity index (χ1) is 8.17. The van der Waals surface area contributed by atoms with Crippen molar-refractivity contribution in [2.75, 3.05) is 18.9 Å². The molecule has 0 aliphatic carbocycles. The van der Waals surface area contributed by atoms with Gasteiger partial charge in [-0.15, -0.1) is 0 Å². The summed E-state index contributed by atoms with van der Waals surface area (Å²) in [5, 5.41) is 15.1. The zero-order valence-electron chi connectivity index (χ0n) is 10.2. The van der Waals surface area contributed by atoms with Gasteiger partial charge in [0, 0.05) is 18.4 Å². The van der Waals surface area contributed by atoms with E-state index >= 15 is 0 Å². The van der Waals surface area contributed by atoms with Crippen LogP contribution in [0.4, 0.5) is 5.69 Å². The molecule has 4 nitrogen and oxygen atoms in total. The van der Waals surface area contributed by atoms with E-state index in [4.69, 9.17) is 5.11 Å². The van der Waals surface area contributed by atoms with Crippen molar-refractivity contribution >= 4 is 11.7 Å². The minimum Gasteiger partial charge on any atom is -0.478 e. The molecule has 0 unspecified atom stereocenters. The number of carboxylic acids is 1. The molecule has 0 amide bonds. The number of hydrogen-bond acceptors (Lipinski definition) is 3. The molecule has 0 fully saturated rings. The Morgan fingerprint density at radius 1 is 1.47 bits per heavy atom. The van der Waals surface area contributed by atoms with E-state index in [1.807, 2.05) is 13.1 Å². The number of aromatic carboxylic acids is 1. The maximum atomic E-state index is 10.8. The van der Waals surface area contributed by atoms with Gasteiger partial charge in [-0.05, 0) is 24.6 Å². The summed E-state index contributed by atoms with van der Waals surface area (Å²) in [5.74, 6) is -0.911. The molecule has 3 N–H and O–H groups in total. The summed E-state index contributed by atoms with van der Waals surface area (Å²) >= 11 is 0. The Hall–Kier alpha value is -1.97. The Kier molecular flexibility index (Phi) is 5.07. The number of likely N-dealkylation sites (N-methyl/N-ethyl adjacent to an activating group) is 1. The minimum absolute atomic E-state index is 0.292. The third-order valence-corrected chi connectivity index (χ3v) is 2.36. The number of allylic oxidation sites excluding steroid dienone is 1. The van der Waals surface area contributed by atoms with Crippen LogP contribution in [0.3, 0.4) is 0 Å². The fourth-order valence-corrected chi connectivity index (χ4v) is 1.47. The lowest BCUT2D eigenvalue weighted by atomic mass is 10.2. The zero-order chi connectivity index (χ0) is 12.7. The first kappa shape index (κ1) is 13.1. The van der Waals surface area contributed by atoms with Crippen molar-refractivity contribution < 1.29 is 9.90 Å². The lowest BCUT2D eigenvalue weighted by Crippen LogP contribution is -2.16. The quantitative estimate of drug-likeness (QED) is 0.707. The van der Waals surface area contributed by atoms with Crippen molar-refractivity contribution in [1.29, 1.82) is 0 Å². The van der Waals surface area contributed by atoms with E-state index < -0.39 is 5.97 Å². The number of carboxylic acid groups (broad SMARTS) is 1. The van der Waals surface area contributed by atoms with Crippen LogP contribution in [-0.2, 0) is 0 Å². The summed E-state index contributed by atoms with van der Waals surface area (Å²) in [6, 6.07) is 6.79. The molecule has 0 saturated heterocycles. The maximum Gasteiger partial charge on any atom is 0.335 e. The van der Waals surface area contributed by atoms with E-state index in [1.54, 1.807) is 18.2 Å². The van der Waals surface area contributed by atoms with E-state index in [-0.39, 0.29) is 0 Å². The van der Waals surface area contributed by atoms with Crippen LogP contribution in [0.1, 0.15) is 23.7 Å². The standard InChI is InChI=1S/C13H18N2O2/c1-3-5-12(14-2)9-15-11-7-4-6-10(8-11)13(16)17/h4-8,14-15H,3,9H2,1-2H3,(H,16,17)/b12-5-. The highest BCUT2D eigenvalue weighted by atomic mass is 16.4. The van der Waals surface area contributed by atoms with Crippen LogP contribution < -0.4 is 10.6 Å². The lowest BCUT2D eigenvalue weighted by molar-refractivity contribution is 0.0697. The Labute approximate surface area is 101 Å². The number of anilines is 1. The first-order valence-corrected chi connectivity index (χ1v) is 5.61. The van der Waals surface area contributed by atoms with E-state index in [0.29, 0.717) is 12.1 Å². The third kappa shape index (κ3) is 4.18. The molecule has 0 aliphatic rings. The van der Waals surface area contributed by atoms with Crippen LogP contribution in [0.2, 0.25) is 0 Å². The van der Waals surface area contributed by atoms with Gasteiger partial charge < -0.3 is 15.7 Å². The second-order valence-corrected chi connectivity index (χ2v) is 3.63. The Bertz CT molecular complexity index is 414. The summed E-state index contributed by atoms with van der Waals surface area (Å²) in [7, 11) is 1.87. The van der Waals surface area contributed by atoms with Gasteiger partial charge in [0.2, 0.25) is 0 Å². The van der Waals surface area contributed by atoms with Crippen LogP contribution in [-0.4, -0.2) is 24.7 Å². The van der Waals surface area contributed by atoms with Crippen molar-refractivity contribution in [3.63, 3.8) is 0 Å². The summed E-state index contributed by atoms with van der Waals surface area (Å²) in [6.07, 6.45) is 3.06. The Balaban J connectivity index is 2.66. The molecule has 1 aromatic rings. The molecular formula is C13H18N2O2. The molecule has 0 aliphatic heterocycles. The maximum absolute atomic E-state index is 10.8. The topological polar surface area (TPSA) is 61.4 Å². The highest BCUT2D eigenvalue weighted by Crippen LogP contribution is 2.10. The van der Waals surface area contributed by atoms with E-state index in [2.05, 4.69) is 23.6 Å². The number of carbonyl (C=O) groups is 1. The molecule has 17 heavy (non-hydrogen) atoms. The fraction of sp³-hybridized carbons (Fsp3) is 0.308. The summed E-state index contributed by atoms with van der Waals surface area (Å²) in [6.45, 7) is 2.73. The van der Waals surface area contributed by atoms with E-state index in [1.165, 1.54) is 0 Å². The number of hydrogen-bond donors (Lipinski definition) is 3. The van der Waals surface area contributed by atoms with Gasteiger partial charge >= 0.3 is 5.97 Å². The lowest BCUT2D eigenvalue weighted by Gasteiger charge is -2.10.